The second-order valence-corrected chi connectivity index (χ2v) is 5.84. The zero-order valence-electron chi connectivity index (χ0n) is 10.4. The van der Waals surface area contributed by atoms with Crippen molar-refractivity contribution in [2.45, 2.75) is 24.8 Å². The molecule has 0 aromatic carbocycles. The average Bonchev–Trinajstić information content (AvgIpc) is 2.35. The van der Waals surface area contributed by atoms with E-state index in [4.69, 9.17) is 10.9 Å². The zero-order chi connectivity index (χ0) is 13.8. The Morgan fingerprint density at radius 3 is 2.72 bits per heavy atom. The van der Waals surface area contributed by atoms with Crippen LogP contribution in [0.3, 0.4) is 0 Å². The van der Waals surface area contributed by atoms with Crippen molar-refractivity contribution < 1.29 is 13.5 Å². The lowest BCUT2D eigenvalue weighted by atomic mass is 10.4. The zero-order valence-corrected chi connectivity index (χ0v) is 11.2. The third kappa shape index (κ3) is 3.16. The molecule has 0 saturated carbocycles. The van der Waals surface area contributed by atoms with Gasteiger partial charge in [-0.25, -0.2) is 19.2 Å². The van der Waals surface area contributed by atoms with Crippen molar-refractivity contribution in [3.05, 3.63) is 18.3 Å². The molecule has 0 atom stereocenters. The summed E-state index contributed by atoms with van der Waals surface area (Å²) in [7, 11) is -3.66. The summed E-state index contributed by atoms with van der Waals surface area (Å²) in [5, 5.41) is 8.95. The summed E-state index contributed by atoms with van der Waals surface area (Å²) in [4.78, 5) is 3.94. The lowest BCUT2D eigenvalue weighted by molar-refractivity contribution is 0.236. The van der Waals surface area contributed by atoms with Crippen LogP contribution in [0.25, 0.3) is 0 Å². The first-order valence-electron chi connectivity index (χ1n) is 5.49. The number of nitrogens with two attached hydrogens (primary N) is 1. The van der Waals surface area contributed by atoms with Crippen LogP contribution in [0.2, 0.25) is 0 Å². The normalized spacial score (nSPS) is 12.1. The van der Waals surface area contributed by atoms with Crippen molar-refractivity contribution in [3.63, 3.8) is 0 Å². The van der Waals surface area contributed by atoms with E-state index in [9.17, 15) is 8.42 Å². The predicted molar refractivity (Wildman–Crippen MR) is 68.2 cm³/mol. The summed E-state index contributed by atoms with van der Waals surface area (Å²) in [5.41, 5.74) is 2.30. The summed E-state index contributed by atoms with van der Waals surface area (Å²) in [6.07, 6.45) is 1.36. The molecule has 0 aliphatic rings. The fraction of sp³-hybridized carbons (Fsp3) is 0.500. The first-order chi connectivity index (χ1) is 8.43. The number of hydrogen-bond donors (Lipinski definition) is 3. The van der Waals surface area contributed by atoms with E-state index in [0.29, 0.717) is 0 Å². The summed E-state index contributed by atoms with van der Waals surface area (Å²) in [5.74, 6) is 5.46. The first kappa shape index (κ1) is 14.8. The van der Waals surface area contributed by atoms with E-state index >= 15 is 0 Å². The monoisotopic (exact) mass is 274 g/mol. The molecule has 1 aromatic heterocycles. The Labute approximate surface area is 107 Å². The first-order valence-corrected chi connectivity index (χ1v) is 6.93. The van der Waals surface area contributed by atoms with E-state index in [1.165, 1.54) is 22.6 Å². The van der Waals surface area contributed by atoms with E-state index in [1.54, 1.807) is 13.8 Å². The Balaban J connectivity index is 3.17. The van der Waals surface area contributed by atoms with Gasteiger partial charge in [0.2, 0.25) is 10.0 Å². The van der Waals surface area contributed by atoms with E-state index in [0.717, 1.165) is 0 Å². The van der Waals surface area contributed by atoms with Crippen molar-refractivity contribution in [2.24, 2.45) is 5.84 Å². The van der Waals surface area contributed by atoms with Gasteiger partial charge in [0, 0.05) is 24.8 Å². The molecular weight excluding hydrogens is 256 g/mol. The highest BCUT2D eigenvalue weighted by Gasteiger charge is 2.26. The molecule has 7 nitrogen and oxygen atoms in total. The molecule has 8 heteroatoms. The number of aliphatic hydroxyl groups excluding tert-OH is 1. The lowest BCUT2D eigenvalue weighted by Crippen LogP contribution is -2.39. The molecule has 4 N–H and O–H groups in total. The Morgan fingerprint density at radius 1 is 1.56 bits per heavy atom. The van der Waals surface area contributed by atoms with Crippen LogP contribution < -0.4 is 11.3 Å². The van der Waals surface area contributed by atoms with Crippen LogP contribution in [0, 0.1) is 0 Å². The summed E-state index contributed by atoms with van der Waals surface area (Å²) >= 11 is 0. The van der Waals surface area contributed by atoms with Gasteiger partial charge in [-0.3, -0.25) is 0 Å². The van der Waals surface area contributed by atoms with Crippen LogP contribution >= 0.6 is 0 Å². The van der Waals surface area contributed by atoms with Gasteiger partial charge in [0.25, 0.3) is 0 Å². The molecule has 0 aliphatic carbocycles. The standard InChI is InChI=1S/C10H18N4O3S/c1-8(2)14(5-6-15)18(16,17)9-3-4-12-10(7-9)13-11/h3-4,7-8,15H,5-6,11H2,1-2H3,(H,12,13). The summed E-state index contributed by atoms with van der Waals surface area (Å²) in [6, 6.07) is 2.50. The van der Waals surface area contributed by atoms with Crippen LogP contribution in [-0.2, 0) is 10.0 Å². The van der Waals surface area contributed by atoms with Crippen LogP contribution in [0.4, 0.5) is 5.82 Å². The smallest absolute Gasteiger partial charge is 0.243 e. The molecule has 1 aromatic rings. The van der Waals surface area contributed by atoms with Crippen molar-refractivity contribution in [1.29, 1.82) is 0 Å². The van der Waals surface area contributed by atoms with Crippen molar-refractivity contribution in [3.8, 4) is 0 Å². The molecule has 1 heterocycles. The van der Waals surface area contributed by atoms with Gasteiger partial charge in [0.1, 0.15) is 5.82 Å². The Morgan fingerprint density at radius 2 is 2.22 bits per heavy atom. The van der Waals surface area contributed by atoms with Crippen LogP contribution in [0.5, 0.6) is 0 Å². The van der Waals surface area contributed by atoms with Crippen molar-refractivity contribution in [1.82, 2.24) is 9.29 Å². The second kappa shape index (κ2) is 6.10. The summed E-state index contributed by atoms with van der Waals surface area (Å²) in [6.45, 7) is 3.31. The molecule has 0 radical (unpaired) electrons. The van der Waals surface area contributed by atoms with Gasteiger partial charge >= 0.3 is 0 Å². The van der Waals surface area contributed by atoms with Gasteiger partial charge in [0.05, 0.1) is 11.5 Å². The molecule has 0 unspecified atom stereocenters. The minimum Gasteiger partial charge on any atom is -0.395 e. The number of pyridine rings is 1. The van der Waals surface area contributed by atoms with E-state index in [-0.39, 0.29) is 29.9 Å². The molecule has 0 aliphatic heterocycles. The fourth-order valence-electron chi connectivity index (χ4n) is 1.54. The largest absolute Gasteiger partial charge is 0.395 e. The van der Waals surface area contributed by atoms with Crippen molar-refractivity contribution in [2.75, 3.05) is 18.6 Å². The maximum Gasteiger partial charge on any atom is 0.243 e. The minimum atomic E-state index is -3.66. The van der Waals surface area contributed by atoms with Gasteiger partial charge in [0.15, 0.2) is 0 Å². The number of hydrogen-bond acceptors (Lipinski definition) is 6. The number of rotatable bonds is 6. The molecule has 18 heavy (non-hydrogen) atoms. The number of nitrogens with zero attached hydrogens (tertiary/aromatic N) is 2. The third-order valence-electron chi connectivity index (χ3n) is 2.38. The van der Waals surface area contributed by atoms with Gasteiger partial charge in [-0.1, -0.05) is 0 Å². The van der Waals surface area contributed by atoms with E-state index in [2.05, 4.69) is 10.4 Å². The maximum absolute atomic E-state index is 12.4. The highest BCUT2D eigenvalue weighted by atomic mass is 32.2. The Hall–Kier alpha value is -1.22. The highest BCUT2D eigenvalue weighted by Crippen LogP contribution is 2.19. The third-order valence-corrected chi connectivity index (χ3v) is 4.45. The summed E-state index contributed by atoms with van der Waals surface area (Å²) < 4.78 is 25.9. The molecule has 0 saturated heterocycles. The number of hydrazine groups is 1. The van der Waals surface area contributed by atoms with Crippen LogP contribution in [0.1, 0.15) is 13.8 Å². The second-order valence-electron chi connectivity index (χ2n) is 3.95. The van der Waals surface area contributed by atoms with Gasteiger partial charge in [-0.15, -0.1) is 0 Å². The van der Waals surface area contributed by atoms with Gasteiger partial charge in [-0.2, -0.15) is 4.31 Å². The number of nitrogens with one attached hydrogen (secondary N) is 1. The maximum atomic E-state index is 12.4. The number of nitrogen functional groups attached to an aromatic ring is 1. The number of sulfonamides is 1. The van der Waals surface area contributed by atoms with E-state index < -0.39 is 10.0 Å². The molecule has 0 fully saturated rings. The predicted octanol–water partition coefficient (Wildman–Crippen LogP) is -0.241. The van der Waals surface area contributed by atoms with Crippen molar-refractivity contribution >= 4 is 15.8 Å². The number of aliphatic hydroxyl groups is 1. The number of aromatic nitrogens is 1. The van der Waals surface area contributed by atoms with Gasteiger partial charge in [-0.05, 0) is 19.9 Å². The quantitative estimate of drug-likeness (QED) is 0.488. The number of anilines is 1. The van der Waals surface area contributed by atoms with Crippen LogP contribution in [-0.4, -0.2) is 42.0 Å². The molecule has 102 valence electrons. The van der Waals surface area contributed by atoms with Crippen LogP contribution in [0.15, 0.2) is 23.2 Å². The Bertz CT molecular complexity index is 490. The SMILES string of the molecule is CC(C)N(CCO)S(=O)(=O)c1ccnc(NN)c1. The Kier molecular flexibility index (Phi) is 5.03. The van der Waals surface area contributed by atoms with Gasteiger partial charge < -0.3 is 10.5 Å². The topological polar surface area (TPSA) is 109 Å². The average molecular weight is 274 g/mol. The molecule has 0 amide bonds. The molecule has 0 spiro atoms. The molecule has 1 rings (SSSR count). The lowest BCUT2D eigenvalue weighted by Gasteiger charge is -2.25. The fourth-order valence-corrected chi connectivity index (χ4v) is 3.18. The highest BCUT2D eigenvalue weighted by molar-refractivity contribution is 7.89. The minimum absolute atomic E-state index is 0.0493. The molecular formula is C10H18N4O3S. The molecule has 0 bridgehead atoms. The van der Waals surface area contributed by atoms with E-state index in [1.807, 2.05) is 0 Å².